The van der Waals surface area contributed by atoms with Crippen LogP contribution in [0, 0.1) is 6.92 Å². The standard InChI is InChI=1S/C17H15ClN2O5S.K/c1-11-4-2-3-5-13(11)17(21)20-9-8-15(19-25-26(22,23)24)14-7-6-12(18)10-16(14)20;/h2-7,10H,8-9H2,1H3,(H,22,23,24);/q;+1/p-1/b19-15-;. The maximum Gasteiger partial charge on any atom is 1.00 e. The minimum Gasteiger partial charge on any atom is -0.714 e. The molecule has 136 valence electrons. The summed E-state index contributed by atoms with van der Waals surface area (Å²) >= 11 is 6.07. The number of fused-ring (bicyclic) bond motifs is 1. The van der Waals surface area contributed by atoms with Crippen LogP contribution in [0.1, 0.15) is 27.9 Å². The van der Waals surface area contributed by atoms with Crippen molar-refractivity contribution in [3.8, 4) is 0 Å². The Bertz CT molecular complexity index is 1010. The molecule has 0 fully saturated rings. The first-order chi connectivity index (χ1) is 12.3. The number of oxime groups is 1. The number of rotatable bonds is 3. The summed E-state index contributed by atoms with van der Waals surface area (Å²) in [6, 6.07) is 12.0. The van der Waals surface area contributed by atoms with Crippen molar-refractivity contribution in [3.63, 3.8) is 0 Å². The quantitative estimate of drug-likeness (QED) is 0.291. The van der Waals surface area contributed by atoms with Gasteiger partial charge in [0, 0.05) is 29.1 Å². The normalized spacial score (nSPS) is 15.1. The molecular formula is C17H14ClKN2O5S. The van der Waals surface area contributed by atoms with Crippen molar-refractivity contribution in [2.75, 3.05) is 11.4 Å². The van der Waals surface area contributed by atoms with Crippen molar-refractivity contribution in [2.24, 2.45) is 5.16 Å². The third-order valence-corrected chi connectivity index (χ3v) is 4.49. The first kappa shape index (κ1) is 22.5. The van der Waals surface area contributed by atoms with E-state index in [1.54, 1.807) is 35.2 Å². The van der Waals surface area contributed by atoms with Crippen LogP contribution in [0.5, 0.6) is 0 Å². The summed E-state index contributed by atoms with van der Waals surface area (Å²) in [6.07, 6.45) is 0.224. The Balaban J connectivity index is 0.00000261. The summed E-state index contributed by atoms with van der Waals surface area (Å²) in [5, 5.41) is 3.85. The number of amides is 1. The first-order valence-corrected chi connectivity index (χ1v) is 9.36. The van der Waals surface area contributed by atoms with Crippen LogP contribution in [0.3, 0.4) is 0 Å². The van der Waals surface area contributed by atoms with Crippen LogP contribution in [0.2, 0.25) is 5.02 Å². The van der Waals surface area contributed by atoms with Gasteiger partial charge in [-0.15, -0.1) is 0 Å². The van der Waals surface area contributed by atoms with Crippen LogP contribution in [-0.4, -0.2) is 31.1 Å². The maximum absolute atomic E-state index is 13.0. The van der Waals surface area contributed by atoms with Crippen LogP contribution in [-0.2, 0) is 14.7 Å². The van der Waals surface area contributed by atoms with E-state index in [9.17, 15) is 17.8 Å². The summed E-state index contributed by atoms with van der Waals surface area (Å²) in [5.41, 5.74) is 2.59. The van der Waals surface area contributed by atoms with Crippen LogP contribution >= 0.6 is 11.6 Å². The van der Waals surface area contributed by atoms with Gasteiger partial charge < -0.3 is 9.45 Å². The number of carbonyl (C=O) groups excluding carboxylic acids is 1. The Morgan fingerprint density at radius 1 is 1.26 bits per heavy atom. The van der Waals surface area contributed by atoms with Gasteiger partial charge in [0.25, 0.3) is 16.3 Å². The van der Waals surface area contributed by atoms with Crippen LogP contribution in [0.4, 0.5) is 5.69 Å². The average Bonchev–Trinajstić information content (AvgIpc) is 2.58. The Morgan fingerprint density at radius 3 is 2.63 bits per heavy atom. The minimum atomic E-state index is -4.96. The second-order valence-electron chi connectivity index (χ2n) is 5.70. The number of anilines is 1. The molecule has 0 atom stereocenters. The predicted octanol–water partition coefficient (Wildman–Crippen LogP) is -0.116. The molecule has 1 aliphatic heterocycles. The number of halogens is 1. The monoisotopic (exact) mass is 432 g/mol. The van der Waals surface area contributed by atoms with E-state index < -0.39 is 10.4 Å². The molecule has 27 heavy (non-hydrogen) atoms. The molecule has 0 unspecified atom stereocenters. The Hall–Kier alpha value is -0.784. The van der Waals surface area contributed by atoms with Gasteiger partial charge in [0.1, 0.15) is 0 Å². The molecule has 3 rings (SSSR count). The largest absolute Gasteiger partial charge is 1.00 e. The molecule has 1 aliphatic rings. The van der Waals surface area contributed by atoms with Gasteiger partial charge in [-0.05, 0) is 36.8 Å². The van der Waals surface area contributed by atoms with E-state index in [0.29, 0.717) is 21.8 Å². The zero-order valence-electron chi connectivity index (χ0n) is 14.7. The molecule has 0 aromatic heterocycles. The maximum atomic E-state index is 13.0. The summed E-state index contributed by atoms with van der Waals surface area (Å²) in [5.74, 6) is -0.206. The molecular weight excluding hydrogens is 419 g/mol. The molecule has 10 heteroatoms. The molecule has 0 radical (unpaired) electrons. The fourth-order valence-electron chi connectivity index (χ4n) is 2.80. The van der Waals surface area contributed by atoms with Crippen molar-refractivity contribution in [1.29, 1.82) is 0 Å². The molecule has 1 amide bonds. The smallest absolute Gasteiger partial charge is 0.714 e. The van der Waals surface area contributed by atoms with E-state index in [2.05, 4.69) is 9.44 Å². The third-order valence-electron chi connectivity index (χ3n) is 3.99. The van der Waals surface area contributed by atoms with Gasteiger partial charge in [-0.2, -0.15) is 8.42 Å². The van der Waals surface area contributed by atoms with Crippen LogP contribution < -0.4 is 56.3 Å². The second kappa shape index (κ2) is 9.14. The van der Waals surface area contributed by atoms with E-state index in [1.165, 1.54) is 0 Å². The third kappa shape index (κ3) is 5.39. The molecule has 0 N–H and O–H groups in total. The average molecular weight is 433 g/mol. The SMILES string of the molecule is Cc1ccccc1C(=O)N1CC/C(=N/OS(=O)(=O)[O-])c2ccc(Cl)cc21.[K+]. The van der Waals surface area contributed by atoms with E-state index in [-0.39, 0.29) is 76.0 Å². The molecule has 2 aromatic rings. The summed E-state index contributed by atoms with van der Waals surface area (Å²) < 4.78 is 36.0. The second-order valence-corrected chi connectivity index (χ2v) is 7.11. The van der Waals surface area contributed by atoms with Gasteiger partial charge >= 0.3 is 51.4 Å². The van der Waals surface area contributed by atoms with E-state index in [1.807, 2.05) is 19.1 Å². The predicted molar refractivity (Wildman–Crippen MR) is 96.2 cm³/mol. The van der Waals surface area contributed by atoms with E-state index in [0.717, 1.165) is 5.56 Å². The van der Waals surface area contributed by atoms with E-state index >= 15 is 0 Å². The number of nitrogens with zero attached hydrogens (tertiary/aromatic N) is 2. The molecule has 0 spiro atoms. The minimum absolute atomic E-state index is 0. The van der Waals surface area contributed by atoms with Crippen molar-refractivity contribution in [2.45, 2.75) is 13.3 Å². The number of benzene rings is 2. The van der Waals surface area contributed by atoms with Crippen molar-refractivity contribution in [3.05, 3.63) is 64.2 Å². The number of aryl methyl sites for hydroxylation is 1. The Kier molecular flexibility index (Phi) is 7.62. The Morgan fingerprint density at radius 2 is 1.96 bits per heavy atom. The van der Waals surface area contributed by atoms with Crippen LogP contribution in [0.15, 0.2) is 47.6 Å². The van der Waals surface area contributed by atoms with Gasteiger partial charge in [0.2, 0.25) is 0 Å². The Labute approximate surface area is 204 Å². The number of hydrogen-bond acceptors (Lipinski definition) is 6. The van der Waals surface area contributed by atoms with Gasteiger partial charge in [0.15, 0.2) is 0 Å². The molecule has 1 heterocycles. The van der Waals surface area contributed by atoms with E-state index in [4.69, 9.17) is 11.6 Å². The van der Waals surface area contributed by atoms with Gasteiger partial charge in [-0.1, -0.05) is 35.0 Å². The summed E-state index contributed by atoms with van der Waals surface area (Å²) in [7, 11) is -4.96. The molecule has 0 bridgehead atoms. The first-order valence-electron chi connectivity index (χ1n) is 7.65. The van der Waals surface area contributed by atoms with Crippen molar-refractivity contribution >= 4 is 39.3 Å². The number of hydrogen-bond donors (Lipinski definition) is 0. The van der Waals surface area contributed by atoms with Crippen molar-refractivity contribution < 1.29 is 73.4 Å². The number of carbonyl (C=O) groups is 1. The van der Waals surface area contributed by atoms with Gasteiger partial charge in [-0.25, -0.2) is 0 Å². The van der Waals surface area contributed by atoms with Crippen molar-refractivity contribution in [1.82, 2.24) is 0 Å². The van der Waals surface area contributed by atoms with Crippen LogP contribution in [0.25, 0.3) is 0 Å². The topological polar surface area (TPSA) is 99.1 Å². The zero-order chi connectivity index (χ0) is 18.9. The molecule has 0 saturated carbocycles. The van der Waals surface area contributed by atoms with Gasteiger partial charge in [0.05, 0.1) is 11.4 Å². The molecule has 7 nitrogen and oxygen atoms in total. The van der Waals surface area contributed by atoms with Gasteiger partial charge in [-0.3, -0.25) is 9.08 Å². The summed E-state index contributed by atoms with van der Waals surface area (Å²) in [6.45, 7) is 2.08. The molecule has 0 saturated heterocycles. The molecule has 0 aliphatic carbocycles. The fourth-order valence-corrected chi connectivity index (χ4v) is 3.15. The summed E-state index contributed by atoms with van der Waals surface area (Å²) in [4.78, 5) is 14.5. The zero-order valence-corrected chi connectivity index (χ0v) is 19.4. The molecule has 2 aromatic carbocycles. The fraction of sp³-hybridized carbons (Fsp3) is 0.176.